The number of carbonyl (C=O) groups excluding carboxylic acids is 2. The molecule has 28 heavy (non-hydrogen) atoms. The highest BCUT2D eigenvalue weighted by Crippen LogP contribution is 2.47. The Balaban J connectivity index is 1.69. The fraction of sp³-hybridized carbons (Fsp3) is 0.0833. The third-order valence-electron chi connectivity index (χ3n) is 5.16. The van der Waals surface area contributed by atoms with Gasteiger partial charge in [0.25, 0.3) is 5.91 Å². The third-order valence-corrected chi connectivity index (χ3v) is 6.45. The fourth-order valence-corrected chi connectivity index (χ4v) is 5.08. The second kappa shape index (κ2) is 6.80. The Morgan fingerprint density at radius 2 is 1.50 bits per heavy atom. The molecule has 1 atom stereocenters. The molecular weight excluding hydrogens is 366 g/mol. The Kier molecular flexibility index (Phi) is 4.14. The first-order valence-electron chi connectivity index (χ1n) is 9.18. The van der Waals surface area contributed by atoms with Gasteiger partial charge in [0.2, 0.25) is 0 Å². The molecule has 2 aliphatic rings. The maximum atomic E-state index is 13.4. The monoisotopic (exact) mass is 383 g/mol. The normalized spacial score (nSPS) is 19.6. The van der Waals surface area contributed by atoms with Crippen LogP contribution in [0.25, 0.3) is 6.08 Å². The molecule has 0 aliphatic carbocycles. The van der Waals surface area contributed by atoms with Gasteiger partial charge in [-0.25, -0.2) is 0 Å². The van der Waals surface area contributed by atoms with Gasteiger partial charge in [0.1, 0.15) is 5.37 Å². The van der Waals surface area contributed by atoms with Crippen LogP contribution < -0.4 is 0 Å². The minimum Gasteiger partial charge on any atom is -0.318 e. The lowest BCUT2D eigenvalue weighted by Gasteiger charge is -2.29. The van der Waals surface area contributed by atoms with Gasteiger partial charge in [0.05, 0.1) is 4.91 Å². The summed E-state index contributed by atoms with van der Waals surface area (Å²) >= 11 is 1.47. The molecule has 0 unspecified atom stereocenters. The van der Waals surface area contributed by atoms with Crippen molar-refractivity contribution in [2.75, 3.05) is 0 Å². The van der Waals surface area contributed by atoms with E-state index in [1.165, 1.54) is 11.8 Å². The van der Waals surface area contributed by atoms with Gasteiger partial charge in [0.15, 0.2) is 5.78 Å². The highest BCUT2D eigenvalue weighted by molar-refractivity contribution is 8.04. The van der Waals surface area contributed by atoms with Crippen molar-refractivity contribution in [2.24, 2.45) is 0 Å². The quantitative estimate of drug-likeness (QED) is 0.534. The standard InChI is InChI=1S/C24H17NO2S/c26-22-18-11-5-4-10-17(18)15-25-23(27)19-12-6-7-13-20(19)24(25)28-21(22)14-16-8-2-1-3-9-16/h1-14,24H,15H2/b21-14-/t24-/m0/s1. The number of allylic oxidation sites excluding steroid dienone is 1. The second-order valence-corrected chi connectivity index (χ2v) is 8.02. The van der Waals surface area contributed by atoms with Gasteiger partial charge >= 0.3 is 0 Å². The molecule has 0 bridgehead atoms. The van der Waals surface area contributed by atoms with Crippen molar-refractivity contribution in [1.29, 1.82) is 0 Å². The molecule has 136 valence electrons. The van der Waals surface area contributed by atoms with E-state index >= 15 is 0 Å². The van der Waals surface area contributed by atoms with E-state index in [-0.39, 0.29) is 17.1 Å². The molecule has 2 heterocycles. The van der Waals surface area contributed by atoms with E-state index in [0.29, 0.717) is 17.0 Å². The maximum Gasteiger partial charge on any atom is 0.255 e. The Hall–Kier alpha value is -3.11. The molecule has 0 N–H and O–H groups in total. The number of benzene rings is 3. The molecule has 3 nitrogen and oxygen atoms in total. The van der Waals surface area contributed by atoms with Crippen molar-refractivity contribution >= 4 is 29.5 Å². The molecule has 0 saturated heterocycles. The van der Waals surface area contributed by atoms with Crippen LogP contribution in [0.4, 0.5) is 0 Å². The van der Waals surface area contributed by atoms with E-state index in [9.17, 15) is 9.59 Å². The van der Waals surface area contributed by atoms with E-state index in [2.05, 4.69) is 0 Å². The Morgan fingerprint density at radius 1 is 0.821 bits per heavy atom. The highest BCUT2D eigenvalue weighted by Gasteiger charge is 2.40. The summed E-state index contributed by atoms with van der Waals surface area (Å²) in [6.45, 7) is 0.436. The number of hydrogen-bond acceptors (Lipinski definition) is 3. The summed E-state index contributed by atoms with van der Waals surface area (Å²) in [6, 6.07) is 25.1. The van der Waals surface area contributed by atoms with Gasteiger partial charge in [-0.15, -0.1) is 0 Å². The van der Waals surface area contributed by atoms with Crippen LogP contribution in [0.3, 0.4) is 0 Å². The first kappa shape index (κ1) is 17.0. The van der Waals surface area contributed by atoms with Crippen molar-refractivity contribution in [3.05, 3.63) is 112 Å². The molecule has 0 fully saturated rings. The van der Waals surface area contributed by atoms with Crippen LogP contribution in [0.1, 0.15) is 42.8 Å². The number of nitrogens with zero attached hydrogens (tertiary/aromatic N) is 1. The Morgan fingerprint density at radius 3 is 2.32 bits per heavy atom. The summed E-state index contributed by atoms with van der Waals surface area (Å²) in [4.78, 5) is 29.0. The molecular formula is C24H17NO2S. The van der Waals surface area contributed by atoms with E-state index in [0.717, 1.165) is 22.3 Å². The van der Waals surface area contributed by atoms with Crippen LogP contribution in [-0.2, 0) is 6.54 Å². The summed E-state index contributed by atoms with van der Waals surface area (Å²) in [5.74, 6) is 0.0391. The fourth-order valence-electron chi connectivity index (χ4n) is 3.79. The number of Topliss-reactive ketones (excluding diaryl/α,β-unsaturated/α-hetero) is 1. The van der Waals surface area contributed by atoms with E-state index in [4.69, 9.17) is 0 Å². The van der Waals surface area contributed by atoms with Crippen LogP contribution >= 0.6 is 11.8 Å². The van der Waals surface area contributed by atoms with E-state index in [1.807, 2.05) is 89.8 Å². The van der Waals surface area contributed by atoms with E-state index < -0.39 is 0 Å². The largest absolute Gasteiger partial charge is 0.318 e. The topological polar surface area (TPSA) is 37.4 Å². The summed E-state index contributed by atoms with van der Waals surface area (Å²) in [5.41, 5.74) is 4.23. The number of thioether (sulfide) groups is 1. The number of ketones is 1. The van der Waals surface area contributed by atoms with Crippen LogP contribution in [0, 0.1) is 0 Å². The lowest BCUT2D eigenvalue weighted by Crippen LogP contribution is -2.29. The smallest absolute Gasteiger partial charge is 0.255 e. The summed E-state index contributed by atoms with van der Waals surface area (Å²) in [6.07, 6.45) is 1.93. The maximum absolute atomic E-state index is 13.4. The van der Waals surface area contributed by atoms with Gasteiger partial charge in [-0.3, -0.25) is 9.59 Å². The lowest BCUT2D eigenvalue weighted by molar-refractivity contribution is 0.0758. The number of carbonyl (C=O) groups is 2. The average molecular weight is 383 g/mol. The minimum atomic E-state index is -0.198. The molecule has 0 spiro atoms. The Labute approximate surface area is 167 Å². The van der Waals surface area contributed by atoms with Crippen molar-refractivity contribution in [3.8, 4) is 0 Å². The molecule has 0 aromatic heterocycles. The molecule has 2 aliphatic heterocycles. The molecule has 3 aromatic rings. The first-order valence-corrected chi connectivity index (χ1v) is 10.1. The zero-order valence-corrected chi connectivity index (χ0v) is 15.9. The molecule has 0 saturated carbocycles. The van der Waals surface area contributed by atoms with Gasteiger partial charge in [0, 0.05) is 17.7 Å². The van der Waals surface area contributed by atoms with Crippen molar-refractivity contribution < 1.29 is 9.59 Å². The van der Waals surface area contributed by atoms with Crippen LogP contribution in [0.2, 0.25) is 0 Å². The van der Waals surface area contributed by atoms with Crippen molar-refractivity contribution in [3.63, 3.8) is 0 Å². The van der Waals surface area contributed by atoms with Gasteiger partial charge in [-0.05, 0) is 28.8 Å². The number of fused-ring (bicyclic) bond motifs is 4. The van der Waals surface area contributed by atoms with Crippen molar-refractivity contribution in [1.82, 2.24) is 4.90 Å². The highest BCUT2D eigenvalue weighted by atomic mass is 32.2. The zero-order valence-electron chi connectivity index (χ0n) is 15.0. The van der Waals surface area contributed by atoms with Crippen LogP contribution in [0.15, 0.2) is 83.8 Å². The molecule has 4 heteroatoms. The minimum absolute atomic E-state index is 0.0148. The molecule has 1 amide bonds. The lowest BCUT2D eigenvalue weighted by atomic mass is 10.0. The SMILES string of the molecule is O=C1/C(=C/c2ccccc2)S[C@H]2c3ccccc3C(=O)N2Cc2ccccc21. The summed E-state index contributed by atoms with van der Waals surface area (Å²) in [7, 11) is 0. The molecule has 0 radical (unpaired) electrons. The summed E-state index contributed by atoms with van der Waals surface area (Å²) in [5, 5.41) is -0.198. The third kappa shape index (κ3) is 2.77. The van der Waals surface area contributed by atoms with Gasteiger partial charge in [-0.1, -0.05) is 84.6 Å². The first-order chi connectivity index (χ1) is 13.7. The molecule has 5 rings (SSSR count). The molecule has 3 aromatic carbocycles. The number of rotatable bonds is 1. The van der Waals surface area contributed by atoms with Crippen LogP contribution in [-0.4, -0.2) is 16.6 Å². The van der Waals surface area contributed by atoms with Gasteiger partial charge in [-0.2, -0.15) is 0 Å². The van der Waals surface area contributed by atoms with E-state index in [1.54, 1.807) is 0 Å². The predicted octanol–water partition coefficient (Wildman–Crippen LogP) is 5.31. The number of amides is 1. The van der Waals surface area contributed by atoms with Crippen LogP contribution in [0.5, 0.6) is 0 Å². The zero-order chi connectivity index (χ0) is 19.1. The van der Waals surface area contributed by atoms with Crippen molar-refractivity contribution in [2.45, 2.75) is 11.9 Å². The average Bonchev–Trinajstić information content (AvgIpc) is 2.99. The summed E-state index contributed by atoms with van der Waals surface area (Å²) < 4.78 is 0. The second-order valence-electron chi connectivity index (χ2n) is 6.90. The number of hydrogen-bond donors (Lipinski definition) is 0. The predicted molar refractivity (Wildman–Crippen MR) is 112 cm³/mol. The van der Waals surface area contributed by atoms with Gasteiger partial charge < -0.3 is 4.90 Å². The Bertz CT molecular complexity index is 1120.